The number of nitrogens with one attached hydrogen (secondary N) is 2. The average Bonchev–Trinajstić information content (AvgIpc) is 3.12. The summed E-state index contributed by atoms with van der Waals surface area (Å²) in [5.41, 5.74) is 0.0821. The number of alkyl carbamates (subject to hydrolysis) is 1. The number of anilines is 1. The molecule has 154 valence electrons. The molecule has 2 aliphatic rings. The molecule has 2 saturated heterocycles. The molecule has 1 aromatic heterocycles. The van der Waals surface area contributed by atoms with Crippen molar-refractivity contribution in [2.45, 2.75) is 38.3 Å². The summed E-state index contributed by atoms with van der Waals surface area (Å²) in [6.07, 6.45) is 2.34. The molecule has 2 fully saturated rings. The van der Waals surface area contributed by atoms with Crippen LogP contribution >= 0.6 is 11.6 Å². The van der Waals surface area contributed by atoms with Gasteiger partial charge in [0.15, 0.2) is 0 Å². The van der Waals surface area contributed by atoms with Crippen molar-refractivity contribution < 1.29 is 19.1 Å². The maximum atomic E-state index is 12.2. The molecule has 10 nitrogen and oxygen atoms in total. The predicted molar refractivity (Wildman–Crippen MR) is 102 cm³/mol. The molecule has 3 rings (SSSR count). The number of halogens is 1. The third-order valence-corrected chi connectivity index (χ3v) is 5.24. The number of likely N-dealkylation sites (tertiary alicyclic amines) is 1. The quantitative estimate of drug-likeness (QED) is 0.765. The molecule has 0 saturated carbocycles. The van der Waals surface area contributed by atoms with Crippen LogP contribution in [0.15, 0.2) is 11.0 Å². The molecule has 1 aromatic rings. The Balaban J connectivity index is 1.43. The largest absolute Gasteiger partial charge is 0.450 e. The summed E-state index contributed by atoms with van der Waals surface area (Å²) < 4.78 is 10.5. The first-order valence-electron chi connectivity index (χ1n) is 9.35. The number of H-pyrrole nitrogens is 1. The maximum absolute atomic E-state index is 12.2. The van der Waals surface area contributed by atoms with Crippen LogP contribution in [0, 0.1) is 0 Å². The molecular formula is C17H24ClN5O5. The molecule has 0 radical (unpaired) electrons. The normalized spacial score (nSPS) is 20.1. The van der Waals surface area contributed by atoms with Crippen molar-refractivity contribution in [2.24, 2.45) is 0 Å². The van der Waals surface area contributed by atoms with E-state index in [9.17, 15) is 14.4 Å². The Morgan fingerprint density at radius 1 is 1.32 bits per heavy atom. The molecule has 1 atom stereocenters. The van der Waals surface area contributed by atoms with Gasteiger partial charge in [0.2, 0.25) is 0 Å². The number of hydrogen-bond acceptors (Lipinski definition) is 7. The first kappa shape index (κ1) is 20.2. The molecule has 2 amide bonds. The van der Waals surface area contributed by atoms with Crippen LogP contribution < -0.4 is 15.8 Å². The topological polar surface area (TPSA) is 117 Å². The third-order valence-electron chi connectivity index (χ3n) is 4.88. The third kappa shape index (κ3) is 4.86. The number of amides is 2. The molecule has 28 heavy (non-hydrogen) atoms. The van der Waals surface area contributed by atoms with Gasteiger partial charge in [0.25, 0.3) is 5.56 Å². The van der Waals surface area contributed by atoms with Crippen molar-refractivity contribution in [2.75, 3.05) is 37.7 Å². The fraction of sp³-hybridized carbons (Fsp3) is 0.647. The van der Waals surface area contributed by atoms with E-state index in [2.05, 4.69) is 15.5 Å². The summed E-state index contributed by atoms with van der Waals surface area (Å²) in [5, 5.41) is 8.98. The van der Waals surface area contributed by atoms with Crippen molar-refractivity contribution >= 4 is 29.5 Å². The second-order valence-electron chi connectivity index (χ2n) is 6.76. The molecule has 0 aliphatic carbocycles. The van der Waals surface area contributed by atoms with Gasteiger partial charge >= 0.3 is 12.2 Å². The summed E-state index contributed by atoms with van der Waals surface area (Å²) in [4.78, 5) is 39.0. The molecule has 2 aliphatic heterocycles. The number of carbonyl (C=O) groups is 2. The zero-order valence-corrected chi connectivity index (χ0v) is 16.4. The van der Waals surface area contributed by atoms with E-state index in [1.165, 1.54) is 6.20 Å². The van der Waals surface area contributed by atoms with Gasteiger partial charge in [-0.05, 0) is 19.8 Å². The standard InChI is InChI=1S/C17H24ClN5O5/c1-2-27-17(26)22-6-3-11(4-7-22)20-16(25)28-12-5-8-23(10-12)13-9-19-21-15(24)14(13)18/h9,11-12H,2-8,10H2,1H3,(H,20,25)(H,21,24)/t12-/m1/s1. The van der Waals surface area contributed by atoms with E-state index in [4.69, 9.17) is 21.1 Å². The van der Waals surface area contributed by atoms with Gasteiger partial charge in [0, 0.05) is 32.1 Å². The number of aromatic nitrogens is 2. The number of nitrogens with zero attached hydrogens (tertiary/aromatic N) is 3. The van der Waals surface area contributed by atoms with Gasteiger partial charge in [-0.25, -0.2) is 14.7 Å². The Labute approximate surface area is 167 Å². The molecule has 11 heteroatoms. The fourth-order valence-corrected chi connectivity index (χ4v) is 3.62. The highest BCUT2D eigenvalue weighted by Gasteiger charge is 2.29. The van der Waals surface area contributed by atoms with Crippen LogP contribution in [0.4, 0.5) is 15.3 Å². The van der Waals surface area contributed by atoms with E-state index < -0.39 is 11.7 Å². The second-order valence-corrected chi connectivity index (χ2v) is 7.14. The molecule has 0 unspecified atom stereocenters. The van der Waals surface area contributed by atoms with Crippen LogP contribution in [0.2, 0.25) is 5.02 Å². The first-order valence-corrected chi connectivity index (χ1v) is 9.72. The number of aromatic amines is 1. The van der Waals surface area contributed by atoms with E-state index in [1.54, 1.807) is 11.8 Å². The zero-order valence-electron chi connectivity index (χ0n) is 15.6. The minimum Gasteiger partial charge on any atom is -0.450 e. The Morgan fingerprint density at radius 3 is 2.79 bits per heavy atom. The summed E-state index contributed by atoms with van der Waals surface area (Å²) in [6.45, 7) is 4.25. The van der Waals surface area contributed by atoms with E-state index in [0.717, 1.165) is 0 Å². The van der Waals surface area contributed by atoms with Crippen molar-refractivity contribution in [3.05, 3.63) is 21.6 Å². The molecule has 0 aromatic carbocycles. The number of carbonyl (C=O) groups excluding carboxylic acids is 2. The van der Waals surface area contributed by atoms with Crippen molar-refractivity contribution in [1.29, 1.82) is 0 Å². The van der Waals surface area contributed by atoms with E-state index >= 15 is 0 Å². The number of piperidine rings is 1. The first-order chi connectivity index (χ1) is 13.5. The molecule has 2 N–H and O–H groups in total. The SMILES string of the molecule is CCOC(=O)N1CCC(NC(=O)O[C@@H]2CCN(c3cn[nH]c(=O)c3Cl)C2)CC1. The van der Waals surface area contributed by atoms with Crippen LogP contribution in [0.25, 0.3) is 0 Å². The minimum atomic E-state index is -0.475. The Hall–Kier alpha value is -2.49. The molecule has 0 spiro atoms. The van der Waals surface area contributed by atoms with E-state index in [0.29, 0.717) is 57.7 Å². The summed E-state index contributed by atoms with van der Waals surface area (Å²) in [5.74, 6) is 0. The zero-order chi connectivity index (χ0) is 20.1. The number of ether oxygens (including phenoxy) is 2. The van der Waals surface area contributed by atoms with Crippen LogP contribution in [0.3, 0.4) is 0 Å². The lowest BCUT2D eigenvalue weighted by molar-refractivity contribution is 0.0873. The van der Waals surface area contributed by atoms with Crippen LogP contribution in [0.1, 0.15) is 26.2 Å². The highest BCUT2D eigenvalue weighted by molar-refractivity contribution is 6.33. The molecular weight excluding hydrogens is 390 g/mol. The average molecular weight is 414 g/mol. The number of hydrogen-bond donors (Lipinski definition) is 2. The highest BCUT2D eigenvalue weighted by Crippen LogP contribution is 2.25. The summed E-state index contributed by atoms with van der Waals surface area (Å²) in [7, 11) is 0. The van der Waals surface area contributed by atoms with E-state index in [-0.39, 0.29) is 23.3 Å². The monoisotopic (exact) mass is 413 g/mol. The van der Waals surface area contributed by atoms with Gasteiger partial charge in [0.1, 0.15) is 11.1 Å². The minimum absolute atomic E-state index is 0.0398. The highest BCUT2D eigenvalue weighted by atomic mass is 35.5. The van der Waals surface area contributed by atoms with Gasteiger partial charge in [0.05, 0.1) is 25.0 Å². The Kier molecular flexibility index (Phi) is 6.61. The van der Waals surface area contributed by atoms with Crippen molar-refractivity contribution in [1.82, 2.24) is 20.4 Å². The van der Waals surface area contributed by atoms with Crippen LogP contribution in [-0.2, 0) is 9.47 Å². The van der Waals surface area contributed by atoms with Crippen molar-refractivity contribution in [3.63, 3.8) is 0 Å². The molecule has 0 bridgehead atoms. The van der Waals surface area contributed by atoms with Gasteiger partial charge in [-0.2, -0.15) is 5.10 Å². The Bertz CT molecular complexity index is 765. The van der Waals surface area contributed by atoms with Crippen molar-refractivity contribution in [3.8, 4) is 0 Å². The Morgan fingerprint density at radius 2 is 2.07 bits per heavy atom. The lowest BCUT2D eigenvalue weighted by Gasteiger charge is -2.31. The van der Waals surface area contributed by atoms with Crippen LogP contribution in [0.5, 0.6) is 0 Å². The predicted octanol–water partition coefficient (Wildman–Crippen LogP) is 1.35. The second kappa shape index (κ2) is 9.13. The van der Waals surface area contributed by atoms with E-state index in [1.807, 2.05) is 4.90 Å². The maximum Gasteiger partial charge on any atom is 0.409 e. The van der Waals surface area contributed by atoms with Gasteiger partial charge in [-0.1, -0.05) is 11.6 Å². The smallest absolute Gasteiger partial charge is 0.409 e. The van der Waals surface area contributed by atoms with Gasteiger partial charge in [-0.15, -0.1) is 0 Å². The van der Waals surface area contributed by atoms with Crippen LogP contribution in [-0.4, -0.2) is 72.2 Å². The van der Waals surface area contributed by atoms with Gasteiger partial charge in [-0.3, -0.25) is 4.79 Å². The van der Waals surface area contributed by atoms with Gasteiger partial charge < -0.3 is 24.6 Å². The lowest BCUT2D eigenvalue weighted by atomic mass is 10.1. The lowest BCUT2D eigenvalue weighted by Crippen LogP contribution is -2.47. The summed E-state index contributed by atoms with van der Waals surface area (Å²) in [6, 6.07) is -0.0398. The number of rotatable bonds is 4. The summed E-state index contributed by atoms with van der Waals surface area (Å²) >= 11 is 6.03. The molecule has 3 heterocycles. The fourth-order valence-electron chi connectivity index (χ4n) is 3.41.